The summed E-state index contributed by atoms with van der Waals surface area (Å²) in [5, 5.41) is 0. The summed E-state index contributed by atoms with van der Waals surface area (Å²) in [6.45, 7) is 0. The second kappa shape index (κ2) is 3.61. The molecule has 0 aromatic heterocycles. The lowest BCUT2D eigenvalue weighted by Gasteiger charge is -2.16. The fraction of sp³-hybridized carbons (Fsp3) is 0.200. The molecular weight excluding hydrogens is 196 g/mol. The third kappa shape index (κ3) is 1.63. The first-order valence-corrected chi connectivity index (χ1v) is 4.34. The average molecular weight is 204 g/mol. The van der Waals surface area contributed by atoms with Crippen molar-refractivity contribution < 1.29 is 14.3 Å². The number of fused-ring (bicyclic) bond motifs is 1. The van der Waals surface area contributed by atoms with E-state index < -0.39 is 11.9 Å². The van der Waals surface area contributed by atoms with Crippen molar-refractivity contribution in [1.82, 2.24) is 0 Å². The van der Waals surface area contributed by atoms with E-state index in [1.165, 1.54) is 13.4 Å². The summed E-state index contributed by atoms with van der Waals surface area (Å²) in [6.07, 6.45) is 5.89. The summed E-state index contributed by atoms with van der Waals surface area (Å²) in [5.74, 6) is -1.16. The first-order chi connectivity index (χ1) is 7.22. The molecule has 0 bridgehead atoms. The molecule has 2 rings (SSSR count). The van der Waals surface area contributed by atoms with Crippen molar-refractivity contribution >= 4 is 23.9 Å². The van der Waals surface area contributed by atoms with Gasteiger partial charge in [0, 0.05) is 0 Å². The van der Waals surface area contributed by atoms with Gasteiger partial charge in [0.15, 0.2) is 0 Å². The third-order valence-corrected chi connectivity index (χ3v) is 2.17. The summed E-state index contributed by atoms with van der Waals surface area (Å²) in [7, 11) is 1.30. The normalized spacial score (nSPS) is 23.0. The van der Waals surface area contributed by atoms with Gasteiger partial charge in [-0.1, -0.05) is 12.2 Å². The van der Waals surface area contributed by atoms with Crippen molar-refractivity contribution in [3.05, 3.63) is 23.8 Å². The summed E-state index contributed by atoms with van der Waals surface area (Å²) < 4.78 is 4.56. The van der Waals surface area contributed by atoms with Gasteiger partial charge < -0.3 is 4.74 Å². The van der Waals surface area contributed by atoms with Gasteiger partial charge >= 0.3 is 5.97 Å². The highest BCUT2D eigenvalue weighted by Gasteiger charge is 2.26. The van der Waals surface area contributed by atoms with Crippen molar-refractivity contribution in [1.29, 1.82) is 0 Å². The van der Waals surface area contributed by atoms with Gasteiger partial charge in [-0.25, -0.2) is 14.8 Å². The molecule has 1 aliphatic heterocycles. The maximum atomic E-state index is 11.3. The summed E-state index contributed by atoms with van der Waals surface area (Å²) >= 11 is 0. The predicted octanol–water partition coefficient (Wildman–Crippen LogP) is 0.281. The Morgan fingerprint density at radius 2 is 2.33 bits per heavy atom. The van der Waals surface area contributed by atoms with E-state index >= 15 is 0 Å². The summed E-state index contributed by atoms with van der Waals surface area (Å²) in [6, 6.07) is 0. The molecule has 1 amide bonds. The molecule has 0 spiro atoms. The highest BCUT2D eigenvalue weighted by atomic mass is 16.5. The van der Waals surface area contributed by atoms with Gasteiger partial charge in [0.1, 0.15) is 12.3 Å². The number of rotatable bonds is 1. The SMILES string of the molecule is COC(=O)C1=CC2=NC=NC(=O)C2C=C1. The van der Waals surface area contributed by atoms with Crippen LogP contribution in [0.1, 0.15) is 0 Å². The highest BCUT2D eigenvalue weighted by molar-refractivity contribution is 6.20. The molecule has 1 heterocycles. The summed E-state index contributed by atoms with van der Waals surface area (Å²) in [4.78, 5) is 30.0. The second-order valence-corrected chi connectivity index (χ2v) is 3.06. The number of ether oxygens (including phenoxy) is 1. The van der Waals surface area contributed by atoms with Crippen LogP contribution in [-0.2, 0) is 14.3 Å². The topological polar surface area (TPSA) is 68.1 Å². The Hall–Kier alpha value is -2.04. The van der Waals surface area contributed by atoms with Gasteiger partial charge in [-0.15, -0.1) is 0 Å². The molecule has 1 atom stereocenters. The van der Waals surface area contributed by atoms with E-state index in [1.807, 2.05) is 0 Å². The Balaban J connectivity index is 2.33. The minimum absolute atomic E-state index is 0.267. The van der Waals surface area contributed by atoms with Crippen molar-refractivity contribution in [2.75, 3.05) is 7.11 Å². The lowest BCUT2D eigenvalue weighted by molar-refractivity contribution is -0.135. The number of methoxy groups -OCH3 is 1. The minimum atomic E-state index is -0.455. The van der Waals surface area contributed by atoms with Crippen LogP contribution in [-0.4, -0.2) is 31.0 Å². The van der Waals surface area contributed by atoms with Gasteiger partial charge in [-0.05, 0) is 6.08 Å². The number of hydrogen-bond donors (Lipinski definition) is 0. The van der Waals surface area contributed by atoms with E-state index in [0.29, 0.717) is 11.3 Å². The number of carbonyl (C=O) groups is 2. The average Bonchev–Trinajstić information content (AvgIpc) is 2.28. The number of carbonyl (C=O) groups excluding carboxylic acids is 2. The quantitative estimate of drug-likeness (QED) is 0.576. The number of nitrogens with zero attached hydrogens (tertiary/aromatic N) is 2. The van der Waals surface area contributed by atoms with Crippen LogP contribution in [0, 0.1) is 5.92 Å². The Bertz CT molecular complexity index is 444. The van der Waals surface area contributed by atoms with Crippen LogP contribution >= 0.6 is 0 Å². The number of hydrogen-bond acceptors (Lipinski definition) is 4. The predicted molar refractivity (Wildman–Crippen MR) is 53.7 cm³/mol. The highest BCUT2D eigenvalue weighted by Crippen LogP contribution is 2.18. The first kappa shape index (κ1) is 9.51. The molecule has 0 fully saturated rings. The van der Waals surface area contributed by atoms with Crippen LogP contribution in [0.2, 0.25) is 0 Å². The molecular formula is C10H8N2O3. The zero-order valence-corrected chi connectivity index (χ0v) is 8.01. The maximum Gasteiger partial charge on any atom is 0.337 e. The standard InChI is InChI=1S/C10H8N2O3/c1-15-10(14)6-2-3-7-8(4-6)11-5-12-9(7)13/h2-5,7H,1H3. The number of esters is 1. The fourth-order valence-electron chi connectivity index (χ4n) is 1.40. The monoisotopic (exact) mass is 204 g/mol. The van der Waals surface area contributed by atoms with Crippen LogP contribution in [0.4, 0.5) is 0 Å². The van der Waals surface area contributed by atoms with E-state index in [4.69, 9.17) is 0 Å². The molecule has 0 aromatic rings. The Labute approximate surface area is 85.9 Å². The number of allylic oxidation sites excluding steroid dienone is 1. The van der Waals surface area contributed by atoms with Gasteiger partial charge in [0.05, 0.1) is 18.4 Å². The molecule has 1 unspecified atom stereocenters. The van der Waals surface area contributed by atoms with E-state index in [0.717, 1.165) is 0 Å². The van der Waals surface area contributed by atoms with Crippen LogP contribution in [0.3, 0.4) is 0 Å². The second-order valence-electron chi connectivity index (χ2n) is 3.06. The molecule has 1 aliphatic carbocycles. The zero-order valence-electron chi connectivity index (χ0n) is 8.01. The number of amides is 1. The van der Waals surface area contributed by atoms with Gasteiger partial charge in [0.2, 0.25) is 0 Å². The summed E-state index contributed by atoms with van der Waals surface area (Å²) in [5.41, 5.74) is 0.911. The Kier molecular flexibility index (Phi) is 2.29. The van der Waals surface area contributed by atoms with Crippen molar-refractivity contribution in [2.45, 2.75) is 0 Å². The molecule has 0 saturated heterocycles. The molecule has 0 saturated carbocycles. The van der Waals surface area contributed by atoms with Gasteiger partial charge in [-0.3, -0.25) is 4.79 Å². The maximum absolute atomic E-state index is 11.3. The lowest BCUT2D eigenvalue weighted by atomic mass is 9.93. The van der Waals surface area contributed by atoms with E-state index in [9.17, 15) is 9.59 Å². The third-order valence-electron chi connectivity index (χ3n) is 2.17. The van der Waals surface area contributed by atoms with Crippen molar-refractivity contribution in [3.63, 3.8) is 0 Å². The Morgan fingerprint density at radius 3 is 3.07 bits per heavy atom. The fourth-order valence-corrected chi connectivity index (χ4v) is 1.40. The van der Waals surface area contributed by atoms with Crippen LogP contribution in [0.15, 0.2) is 33.8 Å². The van der Waals surface area contributed by atoms with E-state index in [2.05, 4.69) is 14.7 Å². The van der Waals surface area contributed by atoms with Crippen molar-refractivity contribution in [2.24, 2.45) is 15.9 Å². The minimum Gasteiger partial charge on any atom is -0.465 e. The van der Waals surface area contributed by atoms with Crippen LogP contribution in [0.5, 0.6) is 0 Å². The van der Waals surface area contributed by atoms with Crippen LogP contribution in [0.25, 0.3) is 0 Å². The lowest BCUT2D eigenvalue weighted by Crippen LogP contribution is -2.26. The largest absolute Gasteiger partial charge is 0.465 e. The smallest absolute Gasteiger partial charge is 0.337 e. The van der Waals surface area contributed by atoms with E-state index in [-0.39, 0.29) is 5.91 Å². The molecule has 0 aromatic carbocycles. The van der Waals surface area contributed by atoms with Crippen LogP contribution < -0.4 is 0 Å². The number of aliphatic imine (C=N–C) groups is 2. The molecule has 0 N–H and O–H groups in total. The molecule has 2 aliphatic rings. The molecule has 0 radical (unpaired) electrons. The molecule has 5 heteroatoms. The van der Waals surface area contributed by atoms with E-state index in [1.54, 1.807) is 18.2 Å². The van der Waals surface area contributed by atoms with Crippen molar-refractivity contribution in [3.8, 4) is 0 Å². The zero-order chi connectivity index (χ0) is 10.8. The molecule has 15 heavy (non-hydrogen) atoms. The van der Waals surface area contributed by atoms with Gasteiger partial charge in [0.25, 0.3) is 5.91 Å². The molecule has 5 nitrogen and oxygen atoms in total. The van der Waals surface area contributed by atoms with Gasteiger partial charge in [-0.2, -0.15) is 0 Å². The Morgan fingerprint density at radius 1 is 1.53 bits per heavy atom. The molecule has 76 valence electrons. The first-order valence-electron chi connectivity index (χ1n) is 4.34.